The van der Waals surface area contributed by atoms with Crippen LogP contribution in [0.1, 0.15) is 18.3 Å². The lowest BCUT2D eigenvalue weighted by Gasteiger charge is -2.32. The highest BCUT2D eigenvalue weighted by molar-refractivity contribution is 5.89. The molecule has 9 nitrogen and oxygen atoms in total. The van der Waals surface area contributed by atoms with Crippen LogP contribution < -0.4 is 14.5 Å². The number of carbonyl (C=O) groups is 1. The van der Waals surface area contributed by atoms with Crippen molar-refractivity contribution in [3.05, 3.63) is 54.6 Å². The monoisotopic (exact) mass is 396 g/mol. The number of imidazole rings is 2. The van der Waals surface area contributed by atoms with Crippen LogP contribution in [0.2, 0.25) is 0 Å². The molecule has 1 N–H and O–H groups in total. The molecule has 9 heteroatoms. The zero-order valence-electron chi connectivity index (χ0n) is 16.5. The molecule has 0 atom stereocenters. The van der Waals surface area contributed by atoms with Gasteiger partial charge in [-0.3, -0.25) is 4.90 Å². The van der Waals surface area contributed by atoms with Gasteiger partial charge in [-0.1, -0.05) is 0 Å². The molecular formula is C20H24N6O3. The number of hydrogen-bond acceptors (Lipinski definition) is 6. The number of nitrogens with one attached hydrogen (secondary N) is 1. The molecule has 0 saturated heterocycles. The first-order chi connectivity index (χ1) is 14.2. The Morgan fingerprint density at radius 3 is 3.03 bits per heavy atom. The Hall–Kier alpha value is -3.49. The number of rotatable bonds is 6. The van der Waals surface area contributed by atoms with Crippen molar-refractivity contribution in [3.63, 3.8) is 0 Å². The fraction of sp³-hybridized carbons (Fsp3) is 0.350. The molecule has 0 bridgehead atoms. The van der Waals surface area contributed by atoms with E-state index in [1.807, 2.05) is 42.9 Å². The molecule has 152 valence electrons. The Bertz CT molecular complexity index is 969. The van der Waals surface area contributed by atoms with Crippen LogP contribution in [0.5, 0.6) is 5.75 Å². The lowest BCUT2D eigenvalue weighted by Crippen LogP contribution is -2.34. The lowest BCUT2D eigenvalue weighted by molar-refractivity contribution is 0.145. The van der Waals surface area contributed by atoms with Crippen molar-refractivity contribution in [3.8, 4) is 5.75 Å². The molecular weight excluding hydrogens is 372 g/mol. The molecule has 1 aromatic carbocycles. The average Bonchev–Trinajstić information content (AvgIpc) is 3.39. The molecule has 0 aliphatic carbocycles. The van der Waals surface area contributed by atoms with Crippen molar-refractivity contribution >= 4 is 17.5 Å². The highest BCUT2D eigenvalue weighted by Crippen LogP contribution is 2.36. The highest BCUT2D eigenvalue weighted by Gasteiger charge is 2.23. The second-order valence-corrected chi connectivity index (χ2v) is 6.78. The van der Waals surface area contributed by atoms with Gasteiger partial charge in [0.1, 0.15) is 19.0 Å². The van der Waals surface area contributed by atoms with Gasteiger partial charge in [0.2, 0.25) is 0 Å². The summed E-state index contributed by atoms with van der Waals surface area (Å²) in [7, 11) is 1.87. The Labute approximate surface area is 168 Å². The largest absolute Gasteiger partial charge is 0.490 e. The van der Waals surface area contributed by atoms with E-state index < -0.39 is 6.09 Å². The smallest absolute Gasteiger partial charge is 0.414 e. The summed E-state index contributed by atoms with van der Waals surface area (Å²) < 4.78 is 13.1. The van der Waals surface area contributed by atoms with Gasteiger partial charge in [0.15, 0.2) is 0 Å². The first kappa shape index (κ1) is 18.9. The van der Waals surface area contributed by atoms with Gasteiger partial charge in [0.25, 0.3) is 0 Å². The summed E-state index contributed by atoms with van der Waals surface area (Å²) in [6.45, 7) is 4.61. The van der Waals surface area contributed by atoms with Gasteiger partial charge >= 0.3 is 6.09 Å². The summed E-state index contributed by atoms with van der Waals surface area (Å²) >= 11 is 0. The summed E-state index contributed by atoms with van der Waals surface area (Å²) in [6, 6.07) is 5.75. The number of H-pyrrole nitrogens is 1. The van der Waals surface area contributed by atoms with Crippen molar-refractivity contribution in [2.24, 2.45) is 7.05 Å². The van der Waals surface area contributed by atoms with Crippen LogP contribution in [-0.4, -0.2) is 45.3 Å². The van der Waals surface area contributed by atoms with E-state index in [2.05, 4.69) is 19.9 Å². The molecule has 29 heavy (non-hydrogen) atoms. The van der Waals surface area contributed by atoms with Crippen molar-refractivity contribution in [1.29, 1.82) is 0 Å². The van der Waals surface area contributed by atoms with E-state index in [0.717, 1.165) is 35.1 Å². The molecule has 0 spiro atoms. The van der Waals surface area contributed by atoms with Crippen LogP contribution in [-0.2, 0) is 24.9 Å². The minimum atomic E-state index is -0.399. The van der Waals surface area contributed by atoms with Crippen molar-refractivity contribution in [2.45, 2.75) is 20.1 Å². The predicted octanol–water partition coefficient (Wildman–Crippen LogP) is 2.71. The summed E-state index contributed by atoms with van der Waals surface area (Å²) in [6.07, 6.45) is 6.52. The van der Waals surface area contributed by atoms with Crippen molar-refractivity contribution in [2.75, 3.05) is 29.5 Å². The number of aromatic nitrogens is 4. The molecule has 0 saturated carbocycles. The summed E-state index contributed by atoms with van der Waals surface area (Å²) in [5, 5.41) is 0. The number of amides is 1. The maximum Gasteiger partial charge on any atom is 0.414 e. The summed E-state index contributed by atoms with van der Waals surface area (Å²) in [5.41, 5.74) is 3.48. The van der Waals surface area contributed by atoms with E-state index in [1.54, 1.807) is 23.8 Å². The number of aromatic amines is 1. The summed E-state index contributed by atoms with van der Waals surface area (Å²) in [5.74, 6) is 0.801. The molecule has 0 radical (unpaired) electrons. The van der Waals surface area contributed by atoms with Gasteiger partial charge in [-0.2, -0.15) is 0 Å². The van der Waals surface area contributed by atoms with Crippen LogP contribution in [0, 0.1) is 0 Å². The van der Waals surface area contributed by atoms with E-state index >= 15 is 0 Å². The third kappa shape index (κ3) is 4.03. The second-order valence-electron chi connectivity index (χ2n) is 6.78. The number of aryl methyl sites for hydroxylation is 1. The second kappa shape index (κ2) is 8.26. The van der Waals surface area contributed by atoms with Crippen LogP contribution in [0.4, 0.5) is 16.2 Å². The number of benzene rings is 1. The normalized spacial score (nSPS) is 13.0. The summed E-state index contributed by atoms with van der Waals surface area (Å²) in [4.78, 5) is 27.8. The molecule has 3 heterocycles. The Morgan fingerprint density at radius 1 is 1.41 bits per heavy atom. The van der Waals surface area contributed by atoms with Crippen LogP contribution in [0.15, 0.2) is 43.2 Å². The molecule has 1 aliphatic rings. The van der Waals surface area contributed by atoms with Gasteiger partial charge in [0.05, 0.1) is 49.0 Å². The molecule has 1 aliphatic heterocycles. The number of hydrogen-bond donors (Lipinski definition) is 1. The van der Waals surface area contributed by atoms with Gasteiger partial charge in [-0.25, -0.2) is 14.8 Å². The fourth-order valence-electron chi connectivity index (χ4n) is 3.32. The van der Waals surface area contributed by atoms with E-state index in [4.69, 9.17) is 9.47 Å². The van der Waals surface area contributed by atoms with E-state index in [-0.39, 0.29) is 6.61 Å². The topological polar surface area (TPSA) is 88.5 Å². The number of nitrogens with zero attached hydrogens (tertiary/aromatic N) is 5. The number of anilines is 2. The van der Waals surface area contributed by atoms with Gasteiger partial charge in [-0.15, -0.1) is 0 Å². The average molecular weight is 396 g/mol. The van der Waals surface area contributed by atoms with Crippen molar-refractivity contribution < 1.29 is 14.3 Å². The Balaban J connectivity index is 1.52. The van der Waals surface area contributed by atoms with Gasteiger partial charge in [0, 0.05) is 25.5 Å². The third-order valence-electron chi connectivity index (χ3n) is 4.92. The lowest BCUT2D eigenvalue weighted by atomic mass is 10.2. The maximum absolute atomic E-state index is 12.7. The van der Waals surface area contributed by atoms with E-state index in [9.17, 15) is 4.79 Å². The first-order valence-electron chi connectivity index (χ1n) is 9.54. The molecule has 4 rings (SSSR count). The predicted molar refractivity (Wildman–Crippen MR) is 108 cm³/mol. The van der Waals surface area contributed by atoms with Crippen LogP contribution in [0.25, 0.3) is 0 Å². The number of fused-ring (bicyclic) bond motifs is 1. The van der Waals surface area contributed by atoms with Gasteiger partial charge in [-0.05, 0) is 25.1 Å². The standard InChI is InChI=1S/C20H24N6O3/c1-3-26(20(27)29-12-17-10-22-14-24(17)2)16-4-5-19-18(8-16)25(6-7-28-19)11-15-9-21-13-23-15/h4-5,8-10,13-14H,3,6-7,11-12H2,1-2H3,(H,21,23). The zero-order chi connectivity index (χ0) is 20.2. The Morgan fingerprint density at radius 2 is 2.31 bits per heavy atom. The van der Waals surface area contributed by atoms with Gasteiger partial charge < -0.3 is 23.9 Å². The molecule has 0 unspecified atom stereocenters. The molecule has 0 fully saturated rings. The quantitative estimate of drug-likeness (QED) is 0.689. The maximum atomic E-state index is 12.7. The molecule has 3 aromatic rings. The number of carbonyl (C=O) groups excluding carboxylic acids is 1. The number of ether oxygens (including phenoxy) is 2. The molecule has 2 aromatic heterocycles. The zero-order valence-corrected chi connectivity index (χ0v) is 16.5. The van der Waals surface area contributed by atoms with E-state index in [1.165, 1.54) is 0 Å². The van der Waals surface area contributed by atoms with Crippen LogP contribution >= 0.6 is 0 Å². The fourth-order valence-corrected chi connectivity index (χ4v) is 3.32. The SMILES string of the molecule is CCN(C(=O)OCc1cncn1C)c1ccc2c(c1)N(Cc1c[nH]cn1)CCO2. The third-order valence-corrected chi connectivity index (χ3v) is 4.92. The first-order valence-corrected chi connectivity index (χ1v) is 9.54. The Kier molecular flexibility index (Phi) is 5.37. The molecule has 1 amide bonds. The van der Waals surface area contributed by atoms with E-state index in [0.29, 0.717) is 19.7 Å². The van der Waals surface area contributed by atoms with Crippen molar-refractivity contribution in [1.82, 2.24) is 19.5 Å². The van der Waals surface area contributed by atoms with Crippen LogP contribution in [0.3, 0.4) is 0 Å². The minimum Gasteiger partial charge on any atom is -0.490 e. The minimum absolute atomic E-state index is 0.172. The highest BCUT2D eigenvalue weighted by atomic mass is 16.6.